The van der Waals surface area contributed by atoms with E-state index in [0.717, 1.165) is 7.11 Å². The summed E-state index contributed by atoms with van der Waals surface area (Å²) in [6.45, 7) is 0. The first kappa shape index (κ1) is 14.7. The van der Waals surface area contributed by atoms with Crippen molar-refractivity contribution in [1.82, 2.24) is 0 Å². The van der Waals surface area contributed by atoms with Crippen LogP contribution in [0.15, 0.2) is 24.3 Å². The van der Waals surface area contributed by atoms with Crippen molar-refractivity contribution in [2.24, 2.45) is 0 Å². The number of rotatable bonds is 4. The molecule has 0 bridgehead atoms. The monoisotopic (exact) mass is 280 g/mol. The molecule has 7 heteroatoms. The second kappa shape index (κ2) is 5.99. The maximum absolute atomic E-state index is 12.4. The van der Waals surface area contributed by atoms with E-state index in [1.54, 1.807) is 0 Å². The topological polar surface area (TPSA) is 35.5 Å². The number of hydrogen-bond acceptors (Lipinski definition) is 4. The van der Waals surface area contributed by atoms with Crippen LogP contribution in [0, 0.1) is 0 Å². The molecule has 0 unspecified atom stereocenters. The molecule has 100 valence electrons. The van der Waals surface area contributed by atoms with Crippen molar-refractivity contribution in [2.75, 3.05) is 14.2 Å². The van der Waals surface area contributed by atoms with E-state index in [1.807, 2.05) is 0 Å². The third-order valence-electron chi connectivity index (χ3n) is 2.09. The molecule has 0 amide bonds. The molecule has 0 spiro atoms. The van der Waals surface area contributed by atoms with Crippen LogP contribution < -0.4 is 4.74 Å². The Morgan fingerprint density at radius 1 is 1.22 bits per heavy atom. The van der Waals surface area contributed by atoms with Crippen LogP contribution in [-0.2, 0) is 9.53 Å². The fraction of sp³-hybridized carbons (Fsp3) is 0.364. The van der Waals surface area contributed by atoms with Gasteiger partial charge in [0.15, 0.2) is 0 Å². The normalized spacial score (nSPS) is 12.9. The van der Waals surface area contributed by atoms with Gasteiger partial charge in [-0.3, -0.25) is 4.79 Å². The van der Waals surface area contributed by atoms with E-state index in [-0.39, 0.29) is 5.56 Å². The van der Waals surface area contributed by atoms with Crippen LogP contribution in [0.5, 0.6) is 5.75 Å². The van der Waals surface area contributed by atoms with Gasteiger partial charge < -0.3 is 9.47 Å². The molecular formula is C11H11F3O3S. The quantitative estimate of drug-likeness (QED) is 0.794. The van der Waals surface area contributed by atoms with Crippen molar-refractivity contribution >= 4 is 17.7 Å². The number of thioether (sulfide) groups is 1. The lowest BCUT2D eigenvalue weighted by Crippen LogP contribution is -2.16. The molecule has 0 fully saturated rings. The van der Waals surface area contributed by atoms with Crippen molar-refractivity contribution in [3.63, 3.8) is 0 Å². The van der Waals surface area contributed by atoms with Crippen molar-refractivity contribution < 1.29 is 27.4 Å². The first-order valence-corrected chi connectivity index (χ1v) is 5.71. The SMILES string of the molecule is COC(=O)[C@H](SC(F)(F)F)c1ccc(OC)cc1. The van der Waals surface area contributed by atoms with Crippen molar-refractivity contribution in [1.29, 1.82) is 0 Å². The summed E-state index contributed by atoms with van der Waals surface area (Å²) in [5.41, 5.74) is -4.30. The molecule has 0 aliphatic carbocycles. The second-order valence-electron chi connectivity index (χ2n) is 3.24. The van der Waals surface area contributed by atoms with Gasteiger partial charge in [-0.25, -0.2) is 0 Å². The smallest absolute Gasteiger partial charge is 0.442 e. The van der Waals surface area contributed by atoms with Crippen LogP contribution >= 0.6 is 11.8 Å². The molecule has 1 aromatic rings. The molecule has 1 aromatic carbocycles. The number of methoxy groups -OCH3 is 2. The number of halogens is 3. The molecule has 0 aliphatic heterocycles. The Bertz CT molecular complexity index is 403. The number of carbonyl (C=O) groups is 1. The molecule has 18 heavy (non-hydrogen) atoms. The van der Waals surface area contributed by atoms with Crippen molar-refractivity contribution in [2.45, 2.75) is 10.8 Å². The van der Waals surface area contributed by atoms with E-state index in [2.05, 4.69) is 4.74 Å². The maximum atomic E-state index is 12.4. The Kier molecular flexibility index (Phi) is 4.89. The van der Waals surface area contributed by atoms with E-state index in [4.69, 9.17) is 4.74 Å². The average molecular weight is 280 g/mol. The number of alkyl halides is 3. The average Bonchev–Trinajstić information content (AvgIpc) is 2.34. The fourth-order valence-electron chi connectivity index (χ4n) is 1.27. The van der Waals surface area contributed by atoms with Gasteiger partial charge in [-0.1, -0.05) is 12.1 Å². The molecule has 1 atom stereocenters. The molecule has 1 rings (SSSR count). The van der Waals surface area contributed by atoms with Gasteiger partial charge in [0.1, 0.15) is 11.0 Å². The summed E-state index contributed by atoms with van der Waals surface area (Å²) in [4.78, 5) is 11.4. The summed E-state index contributed by atoms with van der Waals surface area (Å²) in [5.74, 6) is -0.443. The number of benzene rings is 1. The van der Waals surface area contributed by atoms with Crippen LogP contribution in [0.25, 0.3) is 0 Å². The molecular weight excluding hydrogens is 269 g/mol. The summed E-state index contributed by atoms with van der Waals surface area (Å²) >= 11 is -0.414. The number of ether oxygens (including phenoxy) is 2. The lowest BCUT2D eigenvalue weighted by atomic mass is 10.1. The van der Waals surface area contributed by atoms with Gasteiger partial charge in [-0.15, -0.1) is 0 Å². The molecule has 0 saturated heterocycles. The fourth-order valence-corrected chi connectivity index (χ4v) is 2.02. The highest BCUT2D eigenvalue weighted by atomic mass is 32.2. The Balaban J connectivity index is 2.97. The van der Waals surface area contributed by atoms with Crippen molar-refractivity contribution in [3.8, 4) is 5.75 Å². The minimum absolute atomic E-state index is 0.213. The van der Waals surface area contributed by atoms with Gasteiger partial charge in [0.05, 0.1) is 14.2 Å². The number of hydrogen-bond donors (Lipinski definition) is 0. The van der Waals surface area contributed by atoms with Crippen LogP contribution in [0.4, 0.5) is 13.2 Å². The third-order valence-corrected chi connectivity index (χ3v) is 3.05. The van der Waals surface area contributed by atoms with Gasteiger partial charge in [-0.2, -0.15) is 13.2 Å². The van der Waals surface area contributed by atoms with E-state index in [9.17, 15) is 18.0 Å². The largest absolute Gasteiger partial charge is 0.497 e. The van der Waals surface area contributed by atoms with Crippen LogP contribution in [-0.4, -0.2) is 25.7 Å². The molecule has 0 aliphatic rings. The maximum Gasteiger partial charge on any atom is 0.442 e. The first-order chi connectivity index (χ1) is 8.37. The highest BCUT2D eigenvalue weighted by molar-refractivity contribution is 8.01. The molecule has 0 N–H and O–H groups in total. The Labute approximate surface area is 106 Å². The van der Waals surface area contributed by atoms with Crippen LogP contribution in [0.3, 0.4) is 0 Å². The van der Waals surface area contributed by atoms with Gasteiger partial charge in [0.25, 0.3) is 0 Å². The highest BCUT2D eigenvalue weighted by Crippen LogP contribution is 2.42. The summed E-state index contributed by atoms with van der Waals surface area (Å²) in [6.07, 6.45) is 0. The number of esters is 1. The lowest BCUT2D eigenvalue weighted by Gasteiger charge is -2.16. The first-order valence-electron chi connectivity index (χ1n) is 4.83. The van der Waals surface area contributed by atoms with E-state index >= 15 is 0 Å². The van der Waals surface area contributed by atoms with E-state index in [1.165, 1.54) is 31.4 Å². The van der Waals surface area contributed by atoms with Gasteiger partial charge in [0.2, 0.25) is 0 Å². The van der Waals surface area contributed by atoms with E-state index < -0.39 is 28.5 Å². The predicted octanol–water partition coefficient (Wildman–Crippen LogP) is 3.16. The Morgan fingerprint density at radius 3 is 2.17 bits per heavy atom. The van der Waals surface area contributed by atoms with Gasteiger partial charge >= 0.3 is 11.5 Å². The molecule has 0 heterocycles. The van der Waals surface area contributed by atoms with Crippen LogP contribution in [0.2, 0.25) is 0 Å². The Morgan fingerprint density at radius 2 is 1.78 bits per heavy atom. The minimum Gasteiger partial charge on any atom is -0.497 e. The number of carbonyl (C=O) groups excluding carboxylic acids is 1. The van der Waals surface area contributed by atoms with Crippen LogP contribution in [0.1, 0.15) is 10.8 Å². The predicted molar refractivity (Wildman–Crippen MR) is 61.4 cm³/mol. The third kappa shape index (κ3) is 4.14. The summed E-state index contributed by atoms with van der Waals surface area (Å²) < 4.78 is 46.4. The second-order valence-corrected chi connectivity index (χ2v) is 4.41. The molecule has 0 radical (unpaired) electrons. The lowest BCUT2D eigenvalue weighted by molar-refractivity contribution is -0.140. The molecule has 3 nitrogen and oxygen atoms in total. The van der Waals surface area contributed by atoms with E-state index in [0.29, 0.717) is 5.75 Å². The molecule has 0 aromatic heterocycles. The zero-order chi connectivity index (χ0) is 13.8. The molecule has 0 saturated carbocycles. The Hall–Kier alpha value is -1.37. The highest BCUT2D eigenvalue weighted by Gasteiger charge is 2.37. The summed E-state index contributed by atoms with van der Waals surface area (Å²) in [6, 6.07) is 5.78. The van der Waals surface area contributed by atoms with Gasteiger partial charge in [0, 0.05) is 0 Å². The zero-order valence-electron chi connectivity index (χ0n) is 9.65. The van der Waals surface area contributed by atoms with Gasteiger partial charge in [-0.05, 0) is 29.5 Å². The zero-order valence-corrected chi connectivity index (χ0v) is 10.5. The minimum atomic E-state index is -4.52. The standard InChI is InChI=1S/C11H11F3O3S/c1-16-8-5-3-7(4-6-8)9(10(15)17-2)18-11(12,13)14/h3-6,9H,1-2H3/t9-/m1/s1. The summed E-state index contributed by atoms with van der Waals surface area (Å²) in [7, 11) is 2.49. The summed E-state index contributed by atoms with van der Waals surface area (Å²) in [5, 5.41) is -1.43. The van der Waals surface area contributed by atoms with Crippen molar-refractivity contribution in [3.05, 3.63) is 29.8 Å².